The molecule has 1 heterocycles. The minimum atomic E-state index is 0. The van der Waals surface area contributed by atoms with Gasteiger partial charge in [-0.15, -0.1) is 0 Å². The minimum Gasteiger partial charge on any atom is -0.237 e. The molecule has 0 bridgehead atoms. The highest BCUT2D eigenvalue weighted by Crippen LogP contribution is 1.81. The Balaban J connectivity index is 0.000000810. The molecule has 10 heavy (non-hydrogen) atoms. The van der Waals surface area contributed by atoms with Crippen LogP contribution in [0.2, 0.25) is 0 Å². The van der Waals surface area contributed by atoms with Gasteiger partial charge in [0.25, 0.3) is 0 Å². The second kappa shape index (κ2) is 4.15. The fraction of sp³-hybridized carbons (Fsp3) is 0.571. The van der Waals surface area contributed by atoms with Crippen molar-refractivity contribution in [3.8, 4) is 0 Å². The normalized spacial score (nSPS) is 9.00. The first-order valence-corrected chi connectivity index (χ1v) is 3.41. The maximum Gasteiger partial charge on any atom is 0.243 e. The molecule has 3 heteroatoms. The van der Waals surface area contributed by atoms with Crippen LogP contribution in [0.5, 0.6) is 0 Å². The van der Waals surface area contributed by atoms with Gasteiger partial charge in [-0.05, 0) is 13.8 Å². The van der Waals surface area contributed by atoms with Crippen molar-refractivity contribution in [2.24, 2.45) is 0 Å². The number of nitrogens with zero attached hydrogens (tertiary/aromatic N) is 2. The number of imidazole rings is 1. The molecule has 0 atom stereocenters. The zero-order chi connectivity index (χ0) is 6.69. The Hall–Kier alpha value is -0.725. The number of hydrogen-bond donors (Lipinski definition) is 0. The Kier molecular flexibility index (Phi) is 3.85. The summed E-state index contributed by atoms with van der Waals surface area (Å²) in [6.07, 6.45) is 6.28. The molecule has 1 aromatic heterocycles. The Morgan fingerprint density at radius 1 is 1.40 bits per heavy atom. The van der Waals surface area contributed by atoms with Crippen molar-refractivity contribution in [2.75, 3.05) is 0 Å². The zero-order valence-corrected chi connectivity index (χ0v) is 6.62. The summed E-state index contributed by atoms with van der Waals surface area (Å²) < 4.78 is 4.31. The molecule has 3 radical (unpaired) electrons. The van der Waals surface area contributed by atoms with Crippen molar-refractivity contribution in [3.05, 3.63) is 18.7 Å². The number of hydrogen-bond acceptors (Lipinski definition) is 0. The Labute approximate surface area is 64.1 Å². The first-order valence-electron chi connectivity index (χ1n) is 3.41. The number of rotatable bonds is 2. The van der Waals surface area contributed by atoms with Crippen LogP contribution < -0.4 is 4.57 Å². The molecule has 0 aliphatic heterocycles. The first kappa shape index (κ1) is 9.27. The van der Waals surface area contributed by atoms with Crippen LogP contribution in [0.25, 0.3) is 0 Å². The predicted octanol–water partition coefficient (Wildman–Crippen LogP) is 0.435. The van der Waals surface area contributed by atoms with E-state index in [1.807, 2.05) is 0 Å². The van der Waals surface area contributed by atoms with Gasteiger partial charge in [0.15, 0.2) is 0 Å². The van der Waals surface area contributed by atoms with E-state index in [9.17, 15) is 0 Å². The van der Waals surface area contributed by atoms with Crippen LogP contribution in [0.4, 0.5) is 0 Å². The smallest absolute Gasteiger partial charge is 0.237 e. The fourth-order valence-electron chi connectivity index (χ4n) is 0.813. The third kappa shape index (κ3) is 1.90. The van der Waals surface area contributed by atoms with E-state index in [1.165, 1.54) is 0 Å². The average molecular weight is 136 g/mol. The van der Waals surface area contributed by atoms with Crippen molar-refractivity contribution < 1.29 is 4.57 Å². The van der Waals surface area contributed by atoms with Gasteiger partial charge in [-0.1, -0.05) is 0 Å². The van der Waals surface area contributed by atoms with Crippen molar-refractivity contribution >= 4 is 8.41 Å². The summed E-state index contributed by atoms with van der Waals surface area (Å²) >= 11 is 0. The van der Waals surface area contributed by atoms with Gasteiger partial charge in [0, 0.05) is 8.41 Å². The molecule has 0 aliphatic rings. The van der Waals surface area contributed by atoms with Crippen molar-refractivity contribution in [1.82, 2.24) is 4.57 Å². The lowest BCUT2D eigenvalue weighted by Crippen LogP contribution is -2.28. The molecule has 0 spiro atoms. The minimum absolute atomic E-state index is 0. The highest BCUT2D eigenvalue weighted by molar-refractivity contribution is 5.75. The standard InChI is InChI=1S/C7H13N2.B/c1-3-8-5-6-9(4-2)7-8;/h5-7H,3-4H2,1-2H3;/q+1;. The summed E-state index contributed by atoms with van der Waals surface area (Å²) in [6, 6.07) is 0. The van der Waals surface area contributed by atoms with Gasteiger partial charge in [-0.2, -0.15) is 0 Å². The summed E-state index contributed by atoms with van der Waals surface area (Å²) in [6.45, 7) is 6.40. The van der Waals surface area contributed by atoms with E-state index in [-0.39, 0.29) is 8.41 Å². The second-order valence-corrected chi connectivity index (χ2v) is 2.07. The number of aryl methyl sites for hydroxylation is 2. The second-order valence-electron chi connectivity index (χ2n) is 2.07. The van der Waals surface area contributed by atoms with Gasteiger partial charge in [-0.3, -0.25) is 0 Å². The Morgan fingerprint density at radius 3 is 2.40 bits per heavy atom. The zero-order valence-electron chi connectivity index (χ0n) is 6.62. The summed E-state index contributed by atoms with van der Waals surface area (Å²) in [4.78, 5) is 0. The van der Waals surface area contributed by atoms with E-state index in [0.717, 1.165) is 13.1 Å². The molecule has 0 saturated carbocycles. The molecule has 0 N–H and O–H groups in total. The maximum atomic E-state index is 2.16. The molecule has 0 amide bonds. The van der Waals surface area contributed by atoms with Crippen molar-refractivity contribution in [3.63, 3.8) is 0 Å². The first-order chi connectivity index (χ1) is 4.36. The largest absolute Gasteiger partial charge is 0.243 e. The van der Waals surface area contributed by atoms with E-state index in [1.54, 1.807) is 0 Å². The van der Waals surface area contributed by atoms with E-state index in [2.05, 4.69) is 41.7 Å². The van der Waals surface area contributed by atoms with E-state index in [0.29, 0.717) is 0 Å². The Morgan fingerprint density at radius 2 is 2.10 bits per heavy atom. The molecule has 2 nitrogen and oxygen atoms in total. The average Bonchev–Trinajstić information content (AvgIpc) is 2.34. The summed E-state index contributed by atoms with van der Waals surface area (Å²) in [7, 11) is 0. The maximum absolute atomic E-state index is 2.16. The van der Waals surface area contributed by atoms with Gasteiger partial charge in [0.2, 0.25) is 6.33 Å². The molecule has 1 aromatic rings. The van der Waals surface area contributed by atoms with Crippen LogP contribution in [0.3, 0.4) is 0 Å². The summed E-state index contributed by atoms with van der Waals surface area (Å²) in [5, 5.41) is 0. The van der Waals surface area contributed by atoms with Crippen molar-refractivity contribution in [1.29, 1.82) is 0 Å². The lowest BCUT2D eigenvalue weighted by atomic mass is 10.7. The van der Waals surface area contributed by atoms with E-state index >= 15 is 0 Å². The van der Waals surface area contributed by atoms with Gasteiger partial charge in [-0.25, -0.2) is 9.13 Å². The highest BCUT2D eigenvalue weighted by atomic mass is 15.1. The SMILES string of the molecule is CCn1cc[n+](CC)c1.[B]. The lowest BCUT2D eigenvalue weighted by Gasteiger charge is -1.84. The molecule has 0 aliphatic carbocycles. The van der Waals surface area contributed by atoms with Crippen LogP contribution in [-0.2, 0) is 13.1 Å². The monoisotopic (exact) mass is 136 g/mol. The molecule has 53 valence electrons. The molecule has 0 saturated heterocycles. The van der Waals surface area contributed by atoms with Crippen LogP contribution in [0, 0.1) is 0 Å². The predicted molar refractivity (Wildman–Crippen MR) is 41.7 cm³/mol. The summed E-state index contributed by atoms with van der Waals surface area (Å²) in [5.74, 6) is 0. The quantitative estimate of drug-likeness (QED) is 0.412. The van der Waals surface area contributed by atoms with Crippen LogP contribution in [0.1, 0.15) is 13.8 Å². The van der Waals surface area contributed by atoms with Crippen LogP contribution >= 0.6 is 0 Å². The van der Waals surface area contributed by atoms with Gasteiger partial charge < -0.3 is 0 Å². The van der Waals surface area contributed by atoms with Crippen LogP contribution in [0.15, 0.2) is 18.7 Å². The summed E-state index contributed by atoms with van der Waals surface area (Å²) in [5.41, 5.74) is 0. The molecule has 0 fully saturated rings. The van der Waals surface area contributed by atoms with Gasteiger partial charge in [0.1, 0.15) is 12.4 Å². The van der Waals surface area contributed by atoms with Gasteiger partial charge in [0.05, 0.1) is 13.1 Å². The third-order valence-electron chi connectivity index (χ3n) is 1.48. The fourth-order valence-corrected chi connectivity index (χ4v) is 0.813. The topological polar surface area (TPSA) is 8.81 Å². The molecular weight excluding hydrogens is 123 g/mol. The highest BCUT2D eigenvalue weighted by Gasteiger charge is 1.95. The number of aromatic nitrogens is 2. The van der Waals surface area contributed by atoms with Crippen LogP contribution in [-0.4, -0.2) is 13.0 Å². The Bertz CT molecular complexity index is 165. The lowest BCUT2D eigenvalue weighted by molar-refractivity contribution is -0.693. The van der Waals surface area contributed by atoms with E-state index in [4.69, 9.17) is 0 Å². The van der Waals surface area contributed by atoms with Gasteiger partial charge >= 0.3 is 0 Å². The van der Waals surface area contributed by atoms with Crippen molar-refractivity contribution in [2.45, 2.75) is 26.9 Å². The molecule has 0 aromatic carbocycles. The molecular formula is C7H13BN2+. The molecule has 0 unspecified atom stereocenters. The third-order valence-corrected chi connectivity index (χ3v) is 1.48. The molecule has 1 rings (SSSR count). The van der Waals surface area contributed by atoms with E-state index < -0.39 is 0 Å².